The second-order valence-electron chi connectivity index (χ2n) is 4.28. The fourth-order valence-electron chi connectivity index (χ4n) is 2.32. The number of hydrogen-bond acceptors (Lipinski definition) is 2. The Balaban J connectivity index is 2.17. The van der Waals surface area contributed by atoms with Crippen LogP contribution >= 0.6 is 11.6 Å². The summed E-state index contributed by atoms with van der Waals surface area (Å²) in [5, 5.41) is 9.71. The predicted octanol–water partition coefficient (Wildman–Crippen LogP) is 3.24. The molecule has 2 rings (SSSR count). The van der Waals surface area contributed by atoms with Crippen molar-refractivity contribution in [2.75, 3.05) is 0 Å². The quantitative estimate of drug-likeness (QED) is 0.812. The molecule has 1 aliphatic carbocycles. The Kier molecular flexibility index (Phi) is 3.17. The molecule has 3 heteroatoms. The van der Waals surface area contributed by atoms with Crippen molar-refractivity contribution in [3.63, 3.8) is 0 Å². The standard InChI is InChI=1S/C12H16ClNO/c13-10-7-9(5-6-11(10)15)12(14)8-3-1-2-4-8/h5-8,12,15H,1-4,14H2/t12-/m1/s1. The van der Waals surface area contributed by atoms with Gasteiger partial charge in [0, 0.05) is 6.04 Å². The van der Waals surface area contributed by atoms with Crippen LogP contribution in [0.15, 0.2) is 18.2 Å². The number of nitrogens with two attached hydrogens (primary N) is 1. The lowest BCUT2D eigenvalue weighted by atomic mass is 9.92. The SMILES string of the molecule is N[C@@H](c1ccc(O)c(Cl)c1)C1CCCC1. The third-order valence-corrected chi connectivity index (χ3v) is 3.57. The van der Waals surface area contributed by atoms with Crippen LogP contribution in [-0.4, -0.2) is 5.11 Å². The summed E-state index contributed by atoms with van der Waals surface area (Å²) in [6.45, 7) is 0. The average molecular weight is 226 g/mol. The topological polar surface area (TPSA) is 46.2 Å². The fourth-order valence-corrected chi connectivity index (χ4v) is 2.51. The molecule has 82 valence electrons. The Hall–Kier alpha value is -0.730. The summed E-state index contributed by atoms with van der Waals surface area (Å²) >= 11 is 5.86. The number of phenolic OH excluding ortho intramolecular Hbond substituents is 1. The molecule has 0 aromatic heterocycles. The van der Waals surface area contributed by atoms with Gasteiger partial charge >= 0.3 is 0 Å². The molecule has 0 bridgehead atoms. The zero-order chi connectivity index (χ0) is 10.8. The first-order valence-corrected chi connectivity index (χ1v) is 5.80. The van der Waals surface area contributed by atoms with E-state index in [0.717, 1.165) is 5.56 Å². The molecule has 0 heterocycles. The van der Waals surface area contributed by atoms with E-state index in [1.54, 1.807) is 12.1 Å². The van der Waals surface area contributed by atoms with Crippen LogP contribution in [0.2, 0.25) is 5.02 Å². The smallest absolute Gasteiger partial charge is 0.134 e. The average Bonchev–Trinajstić information content (AvgIpc) is 2.74. The zero-order valence-corrected chi connectivity index (χ0v) is 9.37. The molecule has 1 aliphatic rings. The summed E-state index contributed by atoms with van der Waals surface area (Å²) in [5.74, 6) is 0.699. The summed E-state index contributed by atoms with van der Waals surface area (Å²) < 4.78 is 0. The number of rotatable bonds is 2. The first kappa shape index (κ1) is 10.8. The number of hydrogen-bond donors (Lipinski definition) is 2. The van der Waals surface area contributed by atoms with Crippen molar-refractivity contribution in [3.05, 3.63) is 28.8 Å². The van der Waals surface area contributed by atoms with Crippen LogP contribution in [0, 0.1) is 5.92 Å². The van der Waals surface area contributed by atoms with Gasteiger partial charge in [-0.25, -0.2) is 0 Å². The van der Waals surface area contributed by atoms with Gasteiger partial charge in [-0.2, -0.15) is 0 Å². The number of benzene rings is 1. The van der Waals surface area contributed by atoms with Crippen LogP contribution < -0.4 is 5.73 Å². The minimum atomic E-state index is 0.0607. The number of halogens is 1. The maximum Gasteiger partial charge on any atom is 0.134 e. The molecule has 1 aromatic rings. The van der Waals surface area contributed by atoms with Crippen molar-refractivity contribution in [1.29, 1.82) is 0 Å². The normalized spacial score (nSPS) is 19.3. The van der Waals surface area contributed by atoms with E-state index in [9.17, 15) is 5.11 Å². The monoisotopic (exact) mass is 225 g/mol. The molecule has 0 radical (unpaired) electrons. The van der Waals surface area contributed by atoms with E-state index in [1.807, 2.05) is 6.07 Å². The van der Waals surface area contributed by atoms with E-state index >= 15 is 0 Å². The molecule has 1 fully saturated rings. The van der Waals surface area contributed by atoms with Crippen LogP contribution in [0.5, 0.6) is 5.75 Å². The van der Waals surface area contributed by atoms with Gasteiger partial charge in [-0.15, -0.1) is 0 Å². The minimum absolute atomic E-state index is 0.0607. The molecule has 2 nitrogen and oxygen atoms in total. The Bertz CT molecular complexity index is 347. The van der Waals surface area contributed by atoms with E-state index < -0.39 is 0 Å². The Morgan fingerprint density at radius 2 is 2.00 bits per heavy atom. The van der Waals surface area contributed by atoms with Crippen LogP contribution in [0.3, 0.4) is 0 Å². The third-order valence-electron chi connectivity index (χ3n) is 3.26. The van der Waals surface area contributed by atoms with E-state index in [0.29, 0.717) is 10.9 Å². The summed E-state index contributed by atoms with van der Waals surface area (Å²) in [4.78, 5) is 0. The lowest BCUT2D eigenvalue weighted by molar-refractivity contribution is 0.443. The Morgan fingerprint density at radius 1 is 1.33 bits per heavy atom. The third kappa shape index (κ3) is 2.27. The summed E-state index contributed by atoms with van der Waals surface area (Å²) in [5.41, 5.74) is 7.21. The van der Waals surface area contributed by atoms with E-state index in [4.69, 9.17) is 17.3 Å². The molecule has 1 atom stereocenters. The van der Waals surface area contributed by atoms with Crippen molar-refractivity contribution in [2.24, 2.45) is 11.7 Å². The molecule has 15 heavy (non-hydrogen) atoms. The van der Waals surface area contributed by atoms with Crippen molar-refractivity contribution in [2.45, 2.75) is 31.7 Å². The highest BCUT2D eigenvalue weighted by Crippen LogP contribution is 2.36. The maximum atomic E-state index is 9.32. The van der Waals surface area contributed by atoms with Gasteiger partial charge in [0.1, 0.15) is 5.75 Å². The molecular weight excluding hydrogens is 210 g/mol. The molecule has 3 N–H and O–H groups in total. The van der Waals surface area contributed by atoms with E-state index in [1.165, 1.54) is 25.7 Å². The van der Waals surface area contributed by atoms with E-state index in [2.05, 4.69) is 0 Å². The molecule has 1 saturated carbocycles. The predicted molar refractivity (Wildman–Crippen MR) is 62.0 cm³/mol. The molecule has 0 unspecified atom stereocenters. The molecule has 0 aliphatic heterocycles. The molecule has 1 aromatic carbocycles. The van der Waals surface area contributed by atoms with Gasteiger partial charge in [-0.1, -0.05) is 30.5 Å². The number of phenols is 1. The van der Waals surface area contributed by atoms with Crippen molar-refractivity contribution < 1.29 is 5.11 Å². The fraction of sp³-hybridized carbons (Fsp3) is 0.500. The molecule has 0 saturated heterocycles. The van der Waals surface area contributed by atoms with Crippen molar-refractivity contribution in [1.82, 2.24) is 0 Å². The Morgan fingerprint density at radius 3 is 2.60 bits per heavy atom. The van der Waals surface area contributed by atoms with Crippen molar-refractivity contribution >= 4 is 11.6 Å². The molecule has 0 amide bonds. The number of aromatic hydroxyl groups is 1. The molecular formula is C12H16ClNO. The zero-order valence-electron chi connectivity index (χ0n) is 8.62. The summed E-state index contributed by atoms with van der Waals surface area (Å²) in [7, 11) is 0. The highest BCUT2D eigenvalue weighted by atomic mass is 35.5. The largest absolute Gasteiger partial charge is 0.506 e. The summed E-state index contributed by atoms with van der Waals surface area (Å²) in [6, 6.07) is 5.32. The van der Waals surface area contributed by atoms with Gasteiger partial charge in [0.25, 0.3) is 0 Å². The van der Waals surface area contributed by atoms with Crippen LogP contribution in [0.4, 0.5) is 0 Å². The first-order chi connectivity index (χ1) is 7.18. The van der Waals surface area contributed by atoms with Gasteiger partial charge in [-0.05, 0) is 36.5 Å². The second-order valence-corrected chi connectivity index (χ2v) is 4.69. The first-order valence-electron chi connectivity index (χ1n) is 5.42. The van der Waals surface area contributed by atoms with Crippen molar-refractivity contribution in [3.8, 4) is 5.75 Å². The van der Waals surface area contributed by atoms with Crippen LogP contribution in [0.1, 0.15) is 37.3 Å². The van der Waals surface area contributed by atoms with Crippen LogP contribution in [0.25, 0.3) is 0 Å². The highest BCUT2D eigenvalue weighted by molar-refractivity contribution is 6.32. The van der Waals surface area contributed by atoms with Crippen LogP contribution in [-0.2, 0) is 0 Å². The molecule has 0 spiro atoms. The van der Waals surface area contributed by atoms with Gasteiger partial charge in [0.05, 0.1) is 5.02 Å². The maximum absolute atomic E-state index is 9.32. The highest BCUT2D eigenvalue weighted by Gasteiger charge is 2.23. The van der Waals surface area contributed by atoms with Gasteiger partial charge in [0.2, 0.25) is 0 Å². The van der Waals surface area contributed by atoms with Gasteiger partial charge < -0.3 is 10.8 Å². The van der Waals surface area contributed by atoms with E-state index in [-0.39, 0.29) is 11.8 Å². The Labute approximate surface area is 95.1 Å². The van der Waals surface area contributed by atoms with Gasteiger partial charge in [0.15, 0.2) is 0 Å². The summed E-state index contributed by atoms with van der Waals surface area (Å²) in [6.07, 6.45) is 4.98. The minimum Gasteiger partial charge on any atom is -0.506 e. The second kappa shape index (κ2) is 4.42. The lowest BCUT2D eigenvalue weighted by Gasteiger charge is -2.19. The lowest BCUT2D eigenvalue weighted by Crippen LogP contribution is -2.18. The van der Waals surface area contributed by atoms with Gasteiger partial charge in [-0.3, -0.25) is 0 Å².